The van der Waals surface area contributed by atoms with Gasteiger partial charge in [0.25, 0.3) is 5.56 Å². The van der Waals surface area contributed by atoms with E-state index in [0.717, 1.165) is 34.2 Å². The van der Waals surface area contributed by atoms with Crippen LogP contribution in [0.15, 0.2) is 47.7 Å². The van der Waals surface area contributed by atoms with Crippen LogP contribution in [0.25, 0.3) is 17.1 Å². The number of rotatable bonds is 5. The maximum absolute atomic E-state index is 13.3. The highest BCUT2D eigenvalue weighted by atomic mass is 16.5. The maximum atomic E-state index is 13.3. The lowest BCUT2D eigenvalue weighted by Gasteiger charge is -2.18. The summed E-state index contributed by atoms with van der Waals surface area (Å²) < 4.78 is 9.32. The van der Waals surface area contributed by atoms with E-state index in [2.05, 4.69) is 35.8 Å². The first kappa shape index (κ1) is 23.4. The largest absolute Gasteiger partial charge is 0.487 e. The van der Waals surface area contributed by atoms with Crippen LogP contribution < -0.4 is 10.3 Å². The van der Waals surface area contributed by atoms with Gasteiger partial charge in [0.15, 0.2) is 0 Å². The second kappa shape index (κ2) is 8.85. The summed E-state index contributed by atoms with van der Waals surface area (Å²) in [7, 11) is 1.86. The van der Waals surface area contributed by atoms with Crippen LogP contribution >= 0.6 is 0 Å². The molecule has 0 saturated heterocycles. The molecular formula is C26H30N6O2. The van der Waals surface area contributed by atoms with Gasteiger partial charge in [-0.3, -0.25) is 19.0 Å². The molecule has 0 radical (unpaired) electrons. The van der Waals surface area contributed by atoms with Crippen molar-refractivity contribution in [3.63, 3.8) is 0 Å². The van der Waals surface area contributed by atoms with E-state index in [1.165, 1.54) is 0 Å². The van der Waals surface area contributed by atoms with Crippen molar-refractivity contribution in [2.24, 2.45) is 7.05 Å². The first-order valence-corrected chi connectivity index (χ1v) is 11.2. The summed E-state index contributed by atoms with van der Waals surface area (Å²) in [5, 5.41) is 4.32. The first-order chi connectivity index (χ1) is 16.0. The standard InChI is InChI=1S/C26H30N6O2/c1-16-14-28-25(26(4,5)6)29-23(16)21-13-20(8-10-27-21)32-17(2)12-22(18(3)24(32)33)34-15-19-9-11-31(7)30-19/h8-14H,15H2,1-7H3. The molecule has 0 aliphatic carbocycles. The predicted molar refractivity (Wildman–Crippen MR) is 131 cm³/mol. The van der Waals surface area contributed by atoms with Crippen molar-refractivity contribution in [2.75, 3.05) is 0 Å². The van der Waals surface area contributed by atoms with Crippen LogP contribution in [0.2, 0.25) is 0 Å². The third-order valence-electron chi connectivity index (χ3n) is 5.62. The Bertz CT molecular complexity index is 1410. The molecule has 0 aromatic carbocycles. The number of hydrogen-bond donors (Lipinski definition) is 0. The van der Waals surface area contributed by atoms with E-state index in [4.69, 9.17) is 9.72 Å². The van der Waals surface area contributed by atoms with Crippen molar-refractivity contribution < 1.29 is 4.74 Å². The monoisotopic (exact) mass is 458 g/mol. The van der Waals surface area contributed by atoms with Gasteiger partial charge in [-0.25, -0.2) is 9.97 Å². The molecule has 0 atom stereocenters. The Balaban J connectivity index is 1.72. The zero-order valence-corrected chi connectivity index (χ0v) is 20.7. The number of aromatic nitrogens is 6. The zero-order valence-electron chi connectivity index (χ0n) is 20.7. The minimum absolute atomic E-state index is 0.136. The van der Waals surface area contributed by atoms with Gasteiger partial charge >= 0.3 is 0 Å². The molecule has 8 nitrogen and oxygen atoms in total. The summed E-state index contributed by atoms with van der Waals surface area (Å²) in [6.07, 6.45) is 5.39. The fraction of sp³-hybridized carbons (Fsp3) is 0.346. The van der Waals surface area contributed by atoms with Crippen LogP contribution in [-0.2, 0) is 19.1 Å². The summed E-state index contributed by atoms with van der Waals surface area (Å²) in [6, 6.07) is 7.49. The van der Waals surface area contributed by atoms with Gasteiger partial charge in [-0.2, -0.15) is 5.10 Å². The van der Waals surface area contributed by atoms with Gasteiger partial charge in [-0.05, 0) is 44.5 Å². The highest BCUT2D eigenvalue weighted by Gasteiger charge is 2.20. The van der Waals surface area contributed by atoms with Gasteiger partial charge in [0.2, 0.25) is 0 Å². The molecule has 4 heterocycles. The minimum Gasteiger partial charge on any atom is -0.487 e. The number of aryl methyl sites for hydroxylation is 3. The van der Waals surface area contributed by atoms with Crippen LogP contribution in [0.5, 0.6) is 5.75 Å². The average molecular weight is 459 g/mol. The van der Waals surface area contributed by atoms with E-state index >= 15 is 0 Å². The highest BCUT2D eigenvalue weighted by molar-refractivity contribution is 5.61. The lowest BCUT2D eigenvalue weighted by molar-refractivity contribution is 0.296. The van der Waals surface area contributed by atoms with Crippen molar-refractivity contribution in [3.05, 3.63) is 81.5 Å². The second-order valence-electron chi connectivity index (χ2n) is 9.56. The molecular weight excluding hydrogens is 428 g/mol. The summed E-state index contributed by atoms with van der Waals surface area (Å²) in [6.45, 7) is 12.2. The molecule has 4 aromatic rings. The van der Waals surface area contributed by atoms with Crippen LogP contribution in [-0.4, -0.2) is 29.3 Å². The SMILES string of the molecule is Cc1cnc(C(C)(C)C)nc1-c1cc(-n2c(C)cc(OCc3ccn(C)n3)c(C)c2=O)ccn1. The fourth-order valence-electron chi connectivity index (χ4n) is 3.71. The molecule has 4 aromatic heterocycles. The summed E-state index contributed by atoms with van der Waals surface area (Å²) in [5.74, 6) is 1.30. The normalized spacial score (nSPS) is 11.6. The van der Waals surface area contributed by atoms with E-state index in [0.29, 0.717) is 23.6 Å². The van der Waals surface area contributed by atoms with Gasteiger partial charge in [0, 0.05) is 42.8 Å². The summed E-state index contributed by atoms with van der Waals surface area (Å²) in [4.78, 5) is 27.2. The number of nitrogens with zero attached hydrogens (tertiary/aromatic N) is 6. The molecule has 0 bridgehead atoms. The zero-order chi connectivity index (χ0) is 24.6. The Morgan fingerprint density at radius 2 is 1.82 bits per heavy atom. The summed E-state index contributed by atoms with van der Waals surface area (Å²) >= 11 is 0. The molecule has 8 heteroatoms. The fourth-order valence-corrected chi connectivity index (χ4v) is 3.71. The molecule has 34 heavy (non-hydrogen) atoms. The maximum Gasteiger partial charge on any atom is 0.261 e. The van der Waals surface area contributed by atoms with Gasteiger partial charge < -0.3 is 4.74 Å². The smallest absolute Gasteiger partial charge is 0.261 e. The van der Waals surface area contributed by atoms with Gasteiger partial charge in [0.1, 0.15) is 18.2 Å². The Kier molecular flexibility index (Phi) is 6.08. The number of ether oxygens (including phenoxy) is 1. The van der Waals surface area contributed by atoms with Crippen molar-refractivity contribution in [1.82, 2.24) is 29.3 Å². The molecule has 176 valence electrons. The van der Waals surface area contributed by atoms with E-state index in [-0.39, 0.29) is 11.0 Å². The van der Waals surface area contributed by atoms with Crippen LogP contribution in [0.1, 0.15) is 49.1 Å². The van der Waals surface area contributed by atoms with Crippen LogP contribution in [0, 0.1) is 20.8 Å². The van der Waals surface area contributed by atoms with Crippen molar-refractivity contribution >= 4 is 0 Å². The molecule has 0 saturated carbocycles. The number of pyridine rings is 2. The lowest BCUT2D eigenvalue weighted by atomic mass is 9.95. The van der Waals surface area contributed by atoms with Gasteiger partial charge in [-0.15, -0.1) is 0 Å². The second-order valence-corrected chi connectivity index (χ2v) is 9.56. The first-order valence-electron chi connectivity index (χ1n) is 11.2. The molecule has 0 spiro atoms. The van der Waals surface area contributed by atoms with Crippen LogP contribution in [0.3, 0.4) is 0 Å². The average Bonchev–Trinajstić information content (AvgIpc) is 3.20. The third kappa shape index (κ3) is 4.62. The Hall–Kier alpha value is -3.81. The van der Waals surface area contributed by atoms with E-state index in [1.54, 1.807) is 22.4 Å². The quantitative estimate of drug-likeness (QED) is 0.445. The van der Waals surface area contributed by atoms with Gasteiger partial charge in [0.05, 0.1) is 28.3 Å². The molecule has 4 rings (SSSR count). The minimum atomic E-state index is -0.185. The Morgan fingerprint density at radius 1 is 1.06 bits per heavy atom. The van der Waals surface area contributed by atoms with E-state index in [1.807, 2.05) is 57.6 Å². The van der Waals surface area contributed by atoms with Crippen molar-refractivity contribution in [2.45, 2.75) is 53.6 Å². The van der Waals surface area contributed by atoms with Crippen molar-refractivity contribution in [3.8, 4) is 22.8 Å². The predicted octanol–water partition coefficient (Wildman–Crippen LogP) is 4.22. The van der Waals surface area contributed by atoms with Crippen LogP contribution in [0.4, 0.5) is 0 Å². The molecule has 0 amide bonds. The lowest BCUT2D eigenvalue weighted by Crippen LogP contribution is -2.23. The Morgan fingerprint density at radius 3 is 2.50 bits per heavy atom. The third-order valence-corrected chi connectivity index (χ3v) is 5.62. The van der Waals surface area contributed by atoms with Crippen molar-refractivity contribution in [1.29, 1.82) is 0 Å². The molecule has 0 N–H and O–H groups in total. The number of hydrogen-bond acceptors (Lipinski definition) is 6. The molecule has 0 unspecified atom stereocenters. The molecule has 0 aliphatic rings. The van der Waals surface area contributed by atoms with Gasteiger partial charge in [-0.1, -0.05) is 20.8 Å². The molecule has 0 aliphatic heterocycles. The highest BCUT2D eigenvalue weighted by Crippen LogP contribution is 2.26. The van der Waals surface area contributed by atoms with E-state index < -0.39 is 0 Å². The Labute approximate surface area is 199 Å². The molecule has 0 fully saturated rings. The summed E-state index contributed by atoms with van der Waals surface area (Å²) in [5.41, 5.74) is 4.89. The topological polar surface area (TPSA) is 87.7 Å². The van der Waals surface area contributed by atoms with E-state index in [9.17, 15) is 4.79 Å².